The summed E-state index contributed by atoms with van der Waals surface area (Å²) in [4.78, 5) is 0. The van der Waals surface area contributed by atoms with Crippen molar-refractivity contribution in [3.05, 3.63) is 48.3 Å². The number of nitrogens with zero attached hydrogens (tertiary/aromatic N) is 2. The van der Waals surface area contributed by atoms with Crippen LogP contribution in [0.15, 0.2) is 36.5 Å². The molecule has 1 heterocycles. The zero-order chi connectivity index (χ0) is 8.39. The molecule has 0 aliphatic carbocycles. The third-order valence-corrected chi connectivity index (χ3v) is 1.67. The van der Waals surface area contributed by atoms with Gasteiger partial charge >= 0.3 is 0 Å². The maximum atomic E-state index is 4.08. The Kier molecular flexibility index (Phi) is 1.67. The van der Waals surface area contributed by atoms with Crippen molar-refractivity contribution in [1.29, 1.82) is 0 Å². The van der Waals surface area contributed by atoms with Gasteiger partial charge in [-0.25, -0.2) is 4.68 Å². The fourth-order valence-electron chi connectivity index (χ4n) is 1.09. The average molecular weight is 157 g/mol. The molecule has 1 aromatic carbocycles. The molecule has 0 spiro atoms. The molecule has 2 aromatic rings. The van der Waals surface area contributed by atoms with Gasteiger partial charge in [-0.15, -0.1) is 0 Å². The third kappa shape index (κ3) is 1.23. The van der Waals surface area contributed by atoms with Crippen molar-refractivity contribution in [1.82, 2.24) is 9.78 Å². The normalized spacial score (nSPS) is 10.1. The van der Waals surface area contributed by atoms with Gasteiger partial charge in [0.15, 0.2) is 0 Å². The molecule has 2 heteroatoms. The summed E-state index contributed by atoms with van der Waals surface area (Å²) < 4.78 is 1.81. The van der Waals surface area contributed by atoms with Crippen molar-refractivity contribution in [2.45, 2.75) is 6.92 Å². The fourth-order valence-corrected chi connectivity index (χ4v) is 1.09. The van der Waals surface area contributed by atoms with Crippen LogP contribution in [0.5, 0.6) is 0 Å². The molecule has 0 amide bonds. The third-order valence-electron chi connectivity index (χ3n) is 1.67. The van der Waals surface area contributed by atoms with Crippen molar-refractivity contribution in [3.63, 3.8) is 0 Å². The summed E-state index contributed by atoms with van der Waals surface area (Å²) in [6.45, 7) is 1.98. The zero-order valence-electron chi connectivity index (χ0n) is 6.86. The second kappa shape index (κ2) is 2.81. The Hall–Kier alpha value is -1.57. The second-order valence-electron chi connectivity index (χ2n) is 2.70. The molecule has 0 aliphatic heterocycles. The Balaban J connectivity index is 2.45. The minimum Gasteiger partial charge on any atom is -0.240 e. The van der Waals surface area contributed by atoms with E-state index in [-0.39, 0.29) is 0 Å². The molecule has 0 bridgehead atoms. The molecule has 0 aliphatic rings. The van der Waals surface area contributed by atoms with Crippen LogP contribution in [0.3, 0.4) is 0 Å². The summed E-state index contributed by atoms with van der Waals surface area (Å²) in [5.74, 6) is 0. The highest BCUT2D eigenvalue weighted by molar-refractivity contribution is 5.30. The standard InChI is InChI=1S/C10H9N2/c1-9-7-11-12(8-9)10-5-3-2-4-6-10/h2-6,8H,1H3. The maximum absolute atomic E-state index is 4.08. The predicted octanol–water partition coefficient (Wildman–Crippen LogP) is 1.98. The summed E-state index contributed by atoms with van der Waals surface area (Å²) in [6.07, 6.45) is 4.83. The summed E-state index contributed by atoms with van der Waals surface area (Å²) >= 11 is 0. The van der Waals surface area contributed by atoms with Gasteiger partial charge in [0.1, 0.15) is 6.20 Å². The summed E-state index contributed by atoms with van der Waals surface area (Å²) in [6, 6.07) is 10.0. The molecule has 0 fully saturated rings. The number of hydrogen-bond acceptors (Lipinski definition) is 1. The highest BCUT2D eigenvalue weighted by Gasteiger charge is 1.95. The van der Waals surface area contributed by atoms with E-state index < -0.39 is 0 Å². The number of hydrogen-bond donors (Lipinski definition) is 0. The van der Waals surface area contributed by atoms with Gasteiger partial charge in [-0.3, -0.25) is 0 Å². The molecule has 2 rings (SSSR count). The van der Waals surface area contributed by atoms with Crippen molar-refractivity contribution in [2.75, 3.05) is 0 Å². The van der Waals surface area contributed by atoms with E-state index in [1.54, 1.807) is 0 Å². The summed E-state index contributed by atoms with van der Waals surface area (Å²) in [7, 11) is 0. The van der Waals surface area contributed by atoms with Gasteiger partial charge in [-0.05, 0) is 24.6 Å². The number of para-hydroxylation sites is 1. The molecule has 2 nitrogen and oxygen atoms in total. The zero-order valence-corrected chi connectivity index (χ0v) is 6.86. The van der Waals surface area contributed by atoms with Crippen molar-refractivity contribution >= 4 is 0 Å². The lowest BCUT2D eigenvalue weighted by Gasteiger charge is -1.97. The Labute approximate surface area is 71.5 Å². The number of aryl methyl sites for hydroxylation is 1. The molecule has 12 heavy (non-hydrogen) atoms. The number of rotatable bonds is 1. The lowest BCUT2D eigenvalue weighted by molar-refractivity contribution is 0.877. The second-order valence-corrected chi connectivity index (χ2v) is 2.70. The van der Waals surface area contributed by atoms with Gasteiger partial charge in [0.25, 0.3) is 0 Å². The molecule has 0 unspecified atom stereocenters. The van der Waals surface area contributed by atoms with Crippen molar-refractivity contribution < 1.29 is 0 Å². The van der Waals surface area contributed by atoms with E-state index in [1.807, 2.05) is 48.1 Å². The van der Waals surface area contributed by atoms with E-state index in [0.717, 1.165) is 11.3 Å². The van der Waals surface area contributed by atoms with Gasteiger partial charge in [-0.2, -0.15) is 5.10 Å². The van der Waals surface area contributed by atoms with Gasteiger partial charge in [-0.1, -0.05) is 18.2 Å². The summed E-state index contributed by atoms with van der Waals surface area (Å²) in [5.41, 5.74) is 2.13. The highest BCUT2D eigenvalue weighted by atomic mass is 15.3. The smallest absolute Gasteiger partial charge is 0.116 e. The molecule has 1 aromatic heterocycles. The molecule has 0 atom stereocenters. The van der Waals surface area contributed by atoms with Crippen LogP contribution in [0.25, 0.3) is 5.69 Å². The molecule has 59 valence electrons. The van der Waals surface area contributed by atoms with E-state index >= 15 is 0 Å². The van der Waals surface area contributed by atoms with E-state index in [0.29, 0.717) is 0 Å². The Morgan fingerprint density at radius 3 is 2.58 bits per heavy atom. The van der Waals surface area contributed by atoms with Crippen LogP contribution in [0, 0.1) is 13.1 Å². The molecular weight excluding hydrogens is 148 g/mol. The first kappa shape index (κ1) is 7.10. The van der Waals surface area contributed by atoms with Crippen molar-refractivity contribution in [3.8, 4) is 5.69 Å². The number of aromatic nitrogens is 2. The lowest BCUT2D eigenvalue weighted by Crippen LogP contribution is -1.92. The maximum Gasteiger partial charge on any atom is 0.116 e. The predicted molar refractivity (Wildman–Crippen MR) is 47.1 cm³/mol. The van der Waals surface area contributed by atoms with Gasteiger partial charge < -0.3 is 0 Å². The SMILES string of the molecule is Cc1[c]nn(-c2ccccc2)c1. The van der Waals surface area contributed by atoms with Crippen LogP contribution in [0.4, 0.5) is 0 Å². The van der Waals surface area contributed by atoms with Gasteiger partial charge in [0.05, 0.1) is 5.69 Å². The van der Waals surface area contributed by atoms with Crippen LogP contribution in [-0.4, -0.2) is 9.78 Å². The first-order valence-corrected chi connectivity index (χ1v) is 3.85. The molecule has 0 N–H and O–H groups in total. The Bertz CT molecular complexity index is 362. The van der Waals surface area contributed by atoms with Gasteiger partial charge in [0.2, 0.25) is 0 Å². The largest absolute Gasteiger partial charge is 0.240 e. The minimum atomic E-state index is 1.05. The van der Waals surface area contributed by atoms with Crippen LogP contribution in [-0.2, 0) is 0 Å². The van der Waals surface area contributed by atoms with Crippen LogP contribution >= 0.6 is 0 Å². The molecule has 0 saturated carbocycles. The first-order valence-electron chi connectivity index (χ1n) is 3.85. The number of benzene rings is 1. The van der Waals surface area contributed by atoms with E-state index in [2.05, 4.69) is 11.3 Å². The van der Waals surface area contributed by atoms with Crippen LogP contribution in [0.1, 0.15) is 5.56 Å². The lowest BCUT2D eigenvalue weighted by atomic mass is 10.3. The molecule has 1 radical (unpaired) electrons. The quantitative estimate of drug-likeness (QED) is 0.619. The highest BCUT2D eigenvalue weighted by Crippen LogP contribution is 2.05. The topological polar surface area (TPSA) is 17.8 Å². The van der Waals surface area contributed by atoms with Gasteiger partial charge in [0, 0.05) is 6.20 Å². The van der Waals surface area contributed by atoms with E-state index in [4.69, 9.17) is 0 Å². The van der Waals surface area contributed by atoms with Crippen molar-refractivity contribution in [2.24, 2.45) is 0 Å². The monoisotopic (exact) mass is 157 g/mol. The Morgan fingerprint density at radius 2 is 2.00 bits per heavy atom. The fraction of sp³-hybridized carbons (Fsp3) is 0.100. The Morgan fingerprint density at radius 1 is 1.25 bits per heavy atom. The van der Waals surface area contributed by atoms with E-state index in [9.17, 15) is 0 Å². The van der Waals surface area contributed by atoms with E-state index in [1.165, 1.54) is 0 Å². The van der Waals surface area contributed by atoms with Crippen LogP contribution in [0.2, 0.25) is 0 Å². The molecular formula is C10H9N2. The average Bonchev–Trinajstić information content (AvgIpc) is 2.54. The van der Waals surface area contributed by atoms with Crippen LogP contribution < -0.4 is 0 Å². The summed E-state index contributed by atoms with van der Waals surface area (Å²) in [5, 5.41) is 4.08. The first-order chi connectivity index (χ1) is 5.86. The molecule has 0 saturated heterocycles. The minimum absolute atomic E-state index is 1.05.